The van der Waals surface area contributed by atoms with Crippen molar-refractivity contribution in [1.82, 2.24) is 4.90 Å². The van der Waals surface area contributed by atoms with Gasteiger partial charge in [0.25, 0.3) is 0 Å². The minimum Gasteiger partial charge on any atom is -0.508 e. The Balaban J connectivity index is 1.84. The van der Waals surface area contributed by atoms with Gasteiger partial charge in [-0.2, -0.15) is 0 Å². The fourth-order valence-corrected chi connectivity index (χ4v) is 3.89. The molecule has 0 heterocycles. The van der Waals surface area contributed by atoms with Crippen LogP contribution in [-0.4, -0.2) is 39.4 Å². The predicted molar refractivity (Wildman–Crippen MR) is 113 cm³/mol. The monoisotopic (exact) mass is 417 g/mol. The van der Waals surface area contributed by atoms with Gasteiger partial charge in [-0.25, -0.2) is 4.79 Å². The van der Waals surface area contributed by atoms with Gasteiger partial charge in [0.2, 0.25) is 0 Å². The van der Waals surface area contributed by atoms with Crippen molar-refractivity contribution in [3.05, 3.63) is 64.2 Å². The van der Waals surface area contributed by atoms with Crippen LogP contribution in [0.5, 0.6) is 5.75 Å². The summed E-state index contributed by atoms with van der Waals surface area (Å²) >= 11 is 6.05. The summed E-state index contributed by atoms with van der Waals surface area (Å²) in [5, 5.41) is 21.2. The molecule has 1 aliphatic carbocycles. The molecule has 0 spiro atoms. The molecule has 0 unspecified atom stereocenters. The number of aliphatic hydroxyl groups is 1. The van der Waals surface area contributed by atoms with E-state index < -0.39 is 17.8 Å². The lowest BCUT2D eigenvalue weighted by Crippen LogP contribution is -2.47. The molecule has 2 atom stereocenters. The zero-order valence-corrected chi connectivity index (χ0v) is 17.8. The van der Waals surface area contributed by atoms with Crippen LogP contribution in [0, 0.1) is 0 Å². The highest BCUT2D eigenvalue weighted by Crippen LogP contribution is 2.30. The molecule has 6 heteroatoms. The van der Waals surface area contributed by atoms with Crippen LogP contribution in [0.1, 0.15) is 50.0 Å². The van der Waals surface area contributed by atoms with E-state index in [4.69, 9.17) is 16.3 Å². The summed E-state index contributed by atoms with van der Waals surface area (Å²) < 4.78 is 5.63. The zero-order chi connectivity index (χ0) is 21.2. The first kappa shape index (κ1) is 21.5. The van der Waals surface area contributed by atoms with Crippen molar-refractivity contribution in [1.29, 1.82) is 0 Å². The second-order valence-electron chi connectivity index (χ2n) is 8.55. The number of aromatic hydroxyl groups is 1. The first-order valence-electron chi connectivity index (χ1n) is 9.86. The van der Waals surface area contributed by atoms with Crippen LogP contribution < -0.4 is 0 Å². The average molecular weight is 418 g/mol. The molecule has 3 rings (SSSR count). The third-order valence-electron chi connectivity index (χ3n) is 5.06. The summed E-state index contributed by atoms with van der Waals surface area (Å²) in [5.74, 6) is 0.215. The van der Waals surface area contributed by atoms with E-state index >= 15 is 0 Å². The molecular weight excluding hydrogens is 390 g/mol. The SMILES string of the molecule is CC(C)(C)OC(=O)N(C[C@H](O)c1cccc(Cl)c1)[C@@H]1CCc2ccc(O)cc2C1. The van der Waals surface area contributed by atoms with Crippen LogP contribution in [0.15, 0.2) is 42.5 Å². The smallest absolute Gasteiger partial charge is 0.410 e. The van der Waals surface area contributed by atoms with Gasteiger partial charge in [0.05, 0.1) is 12.6 Å². The molecule has 2 aromatic carbocycles. The van der Waals surface area contributed by atoms with Gasteiger partial charge in [0, 0.05) is 11.1 Å². The molecule has 0 fully saturated rings. The number of phenolic OH excluding ortho intramolecular Hbond substituents is 1. The van der Waals surface area contributed by atoms with Gasteiger partial charge in [-0.3, -0.25) is 0 Å². The highest BCUT2D eigenvalue weighted by atomic mass is 35.5. The van der Waals surface area contributed by atoms with Gasteiger partial charge in [-0.1, -0.05) is 29.8 Å². The number of fused-ring (bicyclic) bond motifs is 1. The second kappa shape index (κ2) is 8.64. The zero-order valence-electron chi connectivity index (χ0n) is 17.1. The molecule has 2 aromatic rings. The largest absolute Gasteiger partial charge is 0.508 e. The van der Waals surface area contributed by atoms with Crippen molar-refractivity contribution >= 4 is 17.7 Å². The molecule has 0 bridgehead atoms. The Hall–Kier alpha value is -2.24. The molecule has 5 nitrogen and oxygen atoms in total. The van der Waals surface area contributed by atoms with Crippen LogP contribution in [-0.2, 0) is 17.6 Å². The number of halogens is 1. The van der Waals surface area contributed by atoms with Crippen LogP contribution in [0.4, 0.5) is 4.79 Å². The number of amides is 1. The van der Waals surface area contributed by atoms with E-state index in [9.17, 15) is 15.0 Å². The van der Waals surface area contributed by atoms with Crippen molar-refractivity contribution in [2.45, 2.75) is 57.8 Å². The number of hydrogen-bond acceptors (Lipinski definition) is 4. The van der Waals surface area contributed by atoms with Gasteiger partial charge >= 0.3 is 6.09 Å². The summed E-state index contributed by atoms with van der Waals surface area (Å²) in [7, 11) is 0. The standard InChI is InChI=1S/C23H28ClNO4/c1-23(2,3)29-22(28)25(14-21(27)16-5-4-6-18(24)11-16)19-9-7-15-8-10-20(26)13-17(15)12-19/h4-6,8,10-11,13,19,21,26-27H,7,9,12,14H2,1-3H3/t19-,21+/m1/s1. The second-order valence-corrected chi connectivity index (χ2v) is 8.99. The molecule has 29 heavy (non-hydrogen) atoms. The number of carbonyl (C=O) groups is 1. The van der Waals surface area contributed by atoms with Crippen molar-refractivity contribution in [2.24, 2.45) is 0 Å². The summed E-state index contributed by atoms with van der Waals surface area (Å²) in [6, 6.07) is 12.3. The predicted octanol–water partition coefficient (Wildman–Crippen LogP) is 4.87. The Morgan fingerprint density at radius 3 is 2.69 bits per heavy atom. The highest BCUT2D eigenvalue weighted by molar-refractivity contribution is 6.30. The number of phenols is 1. The summed E-state index contributed by atoms with van der Waals surface area (Å²) in [4.78, 5) is 14.6. The Morgan fingerprint density at radius 2 is 2.00 bits per heavy atom. The Bertz CT molecular complexity index is 877. The summed E-state index contributed by atoms with van der Waals surface area (Å²) in [6.45, 7) is 5.58. The number of aryl methyl sites for hydroxylation is 1. The number of rotatable bonds is 4. The third kappa shape index (κ3) is 5.64. The van der Waals surface area contributed by atoms with Crippen LogP contribution in [0.3, 0.4) is 0 Å². The minimum absolute atomic E-state index is 0.105. The number of carbonyl (C=O) groups excluding carboxylic acids is 1. The topological polar surface area (TPSA) is 70.0 Å². The fraction of sp³-hybridized carbons (Fsp3) is 0.435. The fourth-order valence-electron chi connectivity index (χ4n) is 3.69. The molecule has 156 valence electrons. The molecule has 1 aliphatic rings. The maximum atomic E-state index is 13.0. The molecule has 0 radical (unpaired) electrons. The van der Waals surface area contributed by atoms with E-state index in [0.717, 1.165) is 18.4 Å². The average Bonchev–Trinajstić information content (AvgIpc) is 2.63. The van der Waals surface area contributed by atoms with Gasteiger partial charge in [-0.15, -0.1) is 0 Å². The lowest BCUT2D eigenvalue weighted by molar-refractivity contribution is 0.00196. The molecule has 0 aromatic heterocycles. The summed E-state index contributed by atoms with van der Waals surface area (Å²) in [6.07, 6.45) is 0.830. The molecule has 0 aliphatic heterocycles. The number of nitrogens with zero attached hydrogens (tertiary/aromatic N) is 1. The maximum absolute atomic E-state index is 13.0. The van der Waals surface area contributed by atoms with Gasteiger partial charge in [0.1, 0.15) is 11.4 Å². The molecular formula is C23H28ClNO4. The number of benzene rings is 2. The number of hydrogen-bond donors (Lipinski definition) is 2. The third-order valence-corrected chi connectivity index (χ3v) is 5.30. The van der Waals surface area contributed by atoms with Gasteiger partial charge < -0.3 is 19.8 Å². The van der Waals surface area contributed by atoms with Gasteiger partial charge in [0.15, 0.2) is 0 Å². The van der Waals surface area contributed by atoms with Crippen LogP contribution in [0.25, 0.3) is 0 Å². The van der Waals surface area contributed by atoms with Crippen molar-refractivity contribution in [2.75, 3.05) is 6.54 Å². The normalized spacial score (nSPS) is 17.3. The van der Waals surface area contributed by atoms with E-state index in [1.807, 2.05) is 26.8 Å². The van der Waals surface area contributed by atoms with Crippen molar-refractivity contribution in [3.8, 4) is 5.75 Å². The highest BCUT2D eigenvalue weighted by Gasteiger charge is 2.32. The molecule has 1 amide bonds. The molecule has 2 N–H and O–H groups in total. The Kier molecular flexibility index (Phi) is 6.39. The Morgan fingerprint density at radius 1 is 1.24 bits per heavy atom. The molecule has 0 saturated heterocycles. The van der Waals surface area contributed by atoms with E-state index in [1.54, 1.807) is 41.3 Å². The van der Waals surface area contributed by atoms with Crippen LogP contribution >= 0.6 is 11.6 Å². The first-order chi connectivity index (χ1) is 13.6. The Labute approximate surface area is 176 Å². The number of ether oxygens (including phenoxy) is 1. The minimum atomic E-state index is -0.883. The van der Waals surface area contributed by atoms with Crippen LogP contribution in [0.2, 0.25) is 5.02 Å². The summed E-state index contributed by atoms with van der Waals surface area (Å²) in [5.41, 5.74) is 2.21. The van der Waals surface area contributed by atoms with E-state index in [-0.39, 0.29) is 18.3 Å². The lowest BCUT2D eigenvalue weighted by atomic mass is 9.87. The first-order valence-corrected chi connectivity index (χ1v) is 10.2. The van der Waals surface area contributed by atoms with Gasteiger partial charge in [-0.05, 0) is 81.0 Å². The lowest BCUT2D eigenvalue weighted by Gasteiger charge is -2.37. The van der Waals surface area contributed by atoms with E-state index in [2.05, 4.69) is 0 Å². The van der Waals surface area contributed by atoms with Crippen molar-refractivity contribution < 1.29 is 19.7 Å². The number of aliphatic hydroxyl groups excluding tert-OH is 1. The van der Waals surface area contributed by atoms with E-state index in [1.165, 1.54) is 5.56 Å². The van der Waals surface area contributed by atoms with Crippen molar-refractivity contribution in [3.63, 3.8) is 0 Å². The maximum Gasteiger partial charge on any atom is 0.410 e. The van der Waals surface area contributed by atoms with E-state index in [0.29, 0.717) is 17.0 Å². The quantitative estimate of drug-likeness (QED) is 0.744. The molecule has 0 saturated carbocycles.